The van der Waals surface area contributed by atoms with Crippen LogP contribution in [0.15, 0.2) is 65.2 Å². The Morgan fingerprint density at radius 3 is 2.65 bits per heavy atom. The smallest absolute Gasteiger partial charge is 0.320 e. The van der Waals surface area contributed by atoms with Crippen LogP contribution in [-0.2, 0) is 11.2 Å². The normalized spacial score (nSPS) is 12.4. The van der Waals surface area contributed by atoms with E-state index in [4.69, 9.17) is 4.42 Å². The Morgan fingerprint density at radius 2 is 1.87 bits per heavy atom. The van der Waals surface area contributed by atoms with Crippen molar-refractivity contribution >= 4 is 16.9 Å². The summed E-state index contributed by atoms with van der Waals surface area (Å²) >= 11 is 0. The van der Waals surface area contributed by atoms with Gasteiger partial charge in [-0.3, -0.25) is 9.36 Å². The molecule has 0 spiro atoms. The third-order valence-electron chi connectivity index (χ3n) is 5.04. The summed E-state index contributed by atoms with van der Waals surface area (Å²) in [6, 6.07) is 16.4. The largest absolute Gasteiger partial charge is 0.441 e. The van der Waals surface area contributed by atoms with Gasteiger partial charge in [0.1, 0.15) is 5.82 Å². The SMILES string of the molecule is CC(CNC(=O)CCc1ncc(-c2ccccc2)o1)c1nc2ccccc2n1C(F)F. The second-order valence-electron chi connectivity index (χ2n) is 7.30. The molecule has 2 heterocycles. The average molecular weight is 424 g/mol. The van der Waals surface area contributed by atoms with Gasteiger partial charge in [0, 0.05) is 30.9 Å². The first-order chi connectivity index (χ1) is 15.0. The van der Waals surface area contributed by atoms with Gasteiger partial charge in [0.25, 0.3) is 0 Å². The van der Waals surface area contributed by atoms with E-state index >= 15 is 0 Å². The number of hydrogen-bond donors (Lipinski definition) is 1. The second-order valence-corrected chi connectivity index (χ2v) is 7.30. The number of benzene rings is 2. The molecular formula is C23H22F2N4O2. The standard InChI is InChI=1S/C23H22F2N4O2/c1-15(22-28-17-9-5-6-10-18(17)29(22)23(24)25)13-26-20(30)11-12-21-27-14-19(31-21)16-7-3-2-4-8-16/h2-10,14-15,23H,11-13H2,1H3,(H,26,30). The predicted octanol–water partition coefficient (Wildman–Crippen LogP) is 4.94. The molecule has 1 atom stereocenters. The van der Waals surface area contributed by atoms with Crippen LogP contribution in [0.3, 0.4) is 0 Å². The zero-order chi connectivity index (χ0) is 21.8. The van der Waals surface area contributed by atoms with Crippen LogP contribution in [0.5, 0.6) is 0 Å². The molecule has 0 saturated carbocycles. The highest BCUT2D eigenvalue weighted by Crippen LogP contribution is 2.27. The number of para-hydroxylation sites is 2. The van der Waals surface area contributed by atoms with Crippen molar-refractivity contribution in [2.45, 2.75) is 32.2 Å². The highest BCUT2D eigenvalue weighted by Gasteiger charge is 2.22. The molecule has 0 aliphatic carbocycles. The number of oxazole rings is 1. The summed E-state index contributed by atoms with van der Waals surface area (Å²) in [5, 5.41) is 2.79. The van der Waals surface area contributed by atoms with Crippen molar-refractivity contribution in [3.05, 3.63) is 72.5 Å². The van der Waals surface area contributed by atoms with Gasteiger partial charge >= 0.3 is 6.55 Å². The molecule has 0 bridgehead atoms. The van der Waals surface area contributed by atoms with Gasteiger partial charge in [0.05, 0.1) is 17.2 Å². The number of imidazole rings is 1. The molecule has 8 heteroatoms. The highest BCUT2D eigenvalue weighted by molar-refractivity contribution is 5.77. The number of carbonyl (C=O) groups is 1. The number of amides is 1. The Bertz CT molecular complexity index is 1170. The summed E-state index contributed by atoms with van der Waals surface area (Å²) in [5.74, 6) is 0.788. The Kier molecular flexibility index (Phi) is 6.06. The van der Waals surface area contributed by atoms with Crippen LogP contribution in [0.4, 0.5) is 8.78 Å². The van der Waals surface area contributed by atoms with E-state index in [9.17, 15) is 13.6 Å². The fourth-order valence-corrected chi connectivity index (χ4v) is 3.44. The monoisotopic (exact) mass is 424 g/mol. The van der Waals surface area contributed by atoms with E-state index < -0.39 is 6.55 Å². The first kappa shape index (κ1) is 20.7. The van der Waals surface area contributed by atoms with E-state index in [0.717, 1.165) is 10.1 Å². The molecule has 0 aliphatic heterocycles. The third-order valence-corrected chi connectivity index (χ3v) is 5.04. The van der Waals surface area contributed by atoms with Crippen LogP contribution >= 0.6 is 0 Å². The van der Waals surface area contributed by atoms with Gasteiger partial charge in [0.15, 0.2) is 11.7 Å². The van der Waals surface area contributed by atoms with Gasteiger partial charge in [-0.2, -0.15) is 8.78 Å². The lowest BCUT2D eigenvalue weighted by atomic mass is 10.1. The van der Waals surface area contributed by atoms with Gasteiger partial charge in [-0.05, 0) is 12.1 Å². The lowest BCUT2D eigenvalue weighted by Gasteiger charge is -2.14. The zero-order valence-electron chi connectivity index (χ0n) is 17.0. The van der Waals surface area contributed by atoms with Crippen molar-refractivity contribution in [3.8, 4) is 11.3 Å². The van der Waals surface area contributed by atoms with Crippen LogP contribution in [0.2, 0.25) is 0 Å². The van der Waals surface area contributed by atoms with Gasteiger partial charge in [-0.15, -0.1) is 0 Å². The van der Waals surface area contributed by atoms with E-state index in [2.05, 4.69) is 15.3 Å². The number of aromatic nitrogens is 3. The first-order valence-corrected chi connectivity index (χ1v) is 10.0. The van der Waals surface area contributed by atoms with Crippen molar-refractivity contribution in [1.82, 2.24) is 19.9 Å². The van der Waals surface area contributed by atoms with E-state index in [1.54, 1.807) is 37.4 Å². The van der Waals surface area contributed by atoms with Crippen LogP contribution in [0.25, 0.3) is 22.4 Å². The number of aryl methyl sites for hydroxylation is 1. The lowest BCUT2D eigenvalue weighted by molar-refractivity contribution is -0.121. The third kappa shape index (κ3) is 4.63. The molecule has 1 unspecified atom stereocenters. The maximum absolute atomic E-state index is 13.6. The molecule has 0 radical (unpaired) electrons. The van der Waals surface area contributed by atoms with Crippen LogP contribution in [0, 0.1) is 0 Å². The summed E-state index contributed by atoms with van der Waals surface area (Å²) in [6.45, 7) is -0.736. The van der Waals surface area contributed by atoms with Gasteiger partial charge in [-0.1, -0.05) is 49.4 Å². The van der Waals surface area contributed by atoms with E-state index in [1.165, 1.54) is 0 Å². The molecule has 2 aromatic heterocycles. The molecule has 0 aliphatic rings. The Morgan fingerprint density at radius 1 is 1.13 bits per heavy atom. The molecule has 1 amide bonds. The van der Waals surface area contributed by atoms with Crippen molar-refractivity contribution < 1.29 is 18.0 Å². The van der Waals surface area contributed by atoms with Crippen LogP contribution < -0.4 is 5.32 Å². The van der Waals surface area contributed by atoms with Crippen molar-refractivity contribution in [2.24, 2.45) is 0 Å². The quantitative estimate of drug-likeness (QED) is 0.435. The molecule has 0 saturated heterocycles. The predicted molar refractivity (Wildman–Crippen MR) is 113 cm³/mol. The number of fused-ring (bicyclic) bond motifs is 1. The number of nitrogens with zero attached hydrogens (tertiary/aromatic N) is 3. The van der Waals surface area contributed by atoms with Crippen molar-refractivity contribution in [1.29, 1.82) is 0 Å². The topological polar surface area (TPSA) is 73.0 Å². The summed E-state index contributed by atoms with van der Waals surface area (Å²) in [6.07, 6.45) is 2.18. The van der Waals surface area contributed by atoms with Crippen molar-refractivity contribution in [3.63, 3.8) is 0 Å². The molecule has 0 fully saturated rings. The van der Waals surface area contributed by atoms with E-state index in [-0.39, 0.29) is 30.6 Å². The molecule has 31 heavy (non-hydrogen) atoms. The number of carbonyl (C=O) groups excluding carboxylic acids is 1. The molecule has 2 aromatic carbocycles. The first-order valence-electron chi connectivity index (χ1n) is 10.0. The fourth-order valence-electron chi connectivity index (χ4n) is 3.44. The van der Waals surface area contributed by atoms with E-state index in [0.29, 0.717) is 29.1 Å². The number of halogens is 2. The Labute approximate surface area is 177 Å². The molecule has 6 nitrogen and oxygen atoms in total. The Hall–Kier alpha value is -3.55. The number of nitrogens with one attached hydrogen (secondary N) is 1. The van der Waals surface area contributed by atoms with Crippen molar-refractivity contribution in [2.75, 3.05) is 6.54 Å². The summed E-state index contributed by atoms with van der Waals surface area (Å²) in [5.41, 5.74) is 1.80. The Balaban J connectivity index is 1.34. The number of rotatable bonds is 8. The maximum Gasteiger partial charge on any atom is 0.320 e. The number of alkyl halides is 2. The summed E-state index contributed by atoms with van der Waals surface area (Å²) in [4.78, 5) is 20.8. The highest BCUT2D eigenvalue weighted by atomic mass is 19.3. The molecule has 1 N–H and O–H groups in total. The van der Waals surface area contributed by atoms with Gasteiger partial charge < -0.3 is 9.73 Å². The second kappa shape index (κ2) is 9.07. The summed E-state index contributed by atoms with van der Waals surface area (Å²) in [7, 11) is 0. The van der Waals surface area contributed by atoms with Gasteiger partial charge in [0.2, 0.25) is 5.91 Å². The van der Waals surface area contributed by atoms with Gasteiger partial charge in [-0.25, -0.2) is 9.97 Å². The van der Waals surface area contributed by atoms with Crippen LogP contribution in [-0.4, -0.2) is 27.0 Å². The van der Waals surface area contributed by atoms with Crippen LogP contribution in [0.1, 0.15) is 37.5 Å². The molecule has 4 rings (SSSR count). The average Bonchev–Trinajstić information content (AvgIpc) is 3.41. The molecular weight excluding hydrogens is 402 g/mol. The minimum absolute atomic E-state index is 0.187. The minimum atomic E-state index is -2.70. The van der Waals surface area contributed by atoms with E-state index in [1.807, 2.05) is 30.3 Å². The lowest BCUT2D eigenvalue weighted by Crippen LogP contribution is -2.28. The summed E-state index contributed by atoms with van der Waals surface area (Å²) < 4.78 is 33.8. The molecule has 160 valence electrons. The minimum Gasteiger partial charge on any atom is -0.441 e. The maximum atomic E-state index is 13.6. The molecule has 4 aromatic rings. The number of hydrogen-bond acceptors (Lipinski definition) is 4. The fraction of sp³-hybridized carbons (Fsp3) is 0.261. The zero-order valence-corrected chi connectivity index (χ0v) is 17.0.